The van der Waals surface area contributed by atoms with Gasteiger partial charge in [-0.1, -0.05) is 12.1 Å². The number of carbonyl (C=O) groups excluding carboxylic acids is 1. The third-order valence-corrected chi connectivity index (χ3v) is 8.72. The summed E-state index contributed by atoms with van der Waals surface area (Å²) < 4.78 is 29.0. The first kappa shape index (κ1) is 21.7. The van der Waals surface area contributed by atoms with Crippen LogP contribution in [0.4, 0.5) is 5.82 Å². The van der Waals surface area contributed by atoms with Gasteiger partial charge in [0.1, 0.15) is 10.0 Å². The normalized spacial score (nSPS) is 15.8. The van der Waals surface area contributed by atoms with Crippen LogP contribution in [0.1, 0.15) is 29.7 Å². The summed E-state index contributed by atoms with van der Waals surface area (Å²) in [6.45, 7) is 6.64. The van der Waals surface area contributed by atoms with Gasteiger partial charge >= 0.3 is 0 Å². The maximum Gasteiger partial charge on any atom is 0.252 e. The van der Waals surface area contributed by atoms with Crippen molar-refractivity contribution in [1.82, 2.24) is 14.1 Å². The molecule has 1 amide bonds. The van der Waals surface area contributed by atoms with Crippen LogP contribution in [0.25, 0.3) is 5.69 Å². The minimum Gasteiger partial charge on any atom is -0.310 e. The second-order valence-corrected chi connectivity index (χ2v) is 11.1. The van der Waals surface area contributed by atoms with Crippen LogP contribution in [0.5, 0.6) is 0 Å². The summed E-state index contributed by atoms with van der Waals surface area (Å²) in [5, 5.41) is 9.32. The minimum absolute atomic E-state index is 0.0984. The van der Waals surface area contributed by atoms with E-state index in [4.69, 9.17) is 0 Å². The van der Waals surface area contributed by atoms with E-state index in [2.05, 4.69) is 16.5 Å². The fourth-order valence-electron chi connectivity index (χ4n) is 3.98. The van der Waals surface area contributed by atoms with Gasteiger partial charge in [-0.15, -0.1) is 11.3 Å². The lowest BCUT2D eigenvalue weighted by molar-refractivity contribution is -0.120. The molecule has 0 saturated carbocycles. The van der Waals surface area contributed by atoms with Crippen LogP contribution in [-0.4, -0.2) is 41.5 Å². The highest BCUT2D eigenvalue weighted by Gasteiger charge is 2.33. The Morgan fingerprint density at radius 3 is 2.39 bits per heavy atom. The molecule has 1 fully saturated rings. The number of benzene rings is 1. The van der Waals surface area contributed by atoms with E-state index in [0.29, 0.717) is 36.0 Å². The van der Waals surface area contributed by atoms with E-state index in [1.165, 1.54) is 15.6 Å². The summed E-state index contributed by atoms with van der Waals surface area (Å²) in [6.07, 6.45) is 0.986. The molecule has 0 unspecified atom stereocenters. The Morgan fingerprint density at radius 2 is 1.77 bits per heavy atom. The topological polar surface area (TPSA) is 84.3 Å². The maximum atomic E-state index is 13.0. The zero-order valence-corrected chi connectivity index (χ0v) is 19.5. The molecule has 0 atom stereocenters. The van der Waals surface area contributed by atoms with Gasteiger partial charge in [0.05, 0.1) is 11.4 Å². The van der Waals surface area contributed by atoms with Crippen molar-refractivity contribution in [2.45, 2.75) is 37.8 Å². The number of sulfonamides is 1. The molecule has 0 aliphatic carbocycles. The second-order valence-electron chi connectivity index (χ2n) is 8.03. The molecule has 7 nitrogen and oxygen atoms in total. The number of carbonyl (C=O) groups is 1. The Bertz CT molecular complexity index is 1170. The van der Waals surface area contributed by atoms with Crippen LogP contribution in [0, 0.1) is 26.7 Å². The summed E-state index contributed by atoms with van der Waals surface area (Å²) in [6, 6.07) is 11.4. The number of anilines is 1. The summed E-state index contributed by atoms with van der Waals surface area (Å²) >= 11 is 1.22. The summed E-state index contributed by atoms with van der Waals surface area (Å²) in [7, 11) is -3.47. The number of piperidine rings is 1. The molecule has 4 rings (SSSR count). The van der Waals surface area contributed by atoms with Crippen molar-refractivity contribution in [1.29, 1.82) is 0 Å². The molecule has 2 aromatic heterocycles. The maximum absolute atomic E-state index is 13.0. The molecule has 1 aromatic carbocycles. The lowest BCUT2D eigenvalue weighted by Gasteiger charge is -2.30. The first-order valence-corrected chi connectivity index (χ1v) is 12.6. The van der Waals surface area contributed by atoms with Crippen LogP contribution in [-0.2, 0) is 14.8 Å². The van der Waals surface area contributed by atoms with E-state index in [-0.39, 0.29) is 11.8 Å². The van der Waals surface area contributed by atoms with Crippen molar-refractivity contribution >= 4 is 33.1 Å². The quantitative estimate of drug-likeness (QED) is 0.628. The number of thiophene rings is 1. The van der Waals surface area contributed by atoms with Crippen molar-refractivity contribution in [3.05, 3.63) is 58.6 Å². The fourth-order valence-corrected chi connectivity index (χ4v) is 6.60. The monoisotopic (exact) mass is 458 g/mol. The average molecular weight is 459 g/mol. The van der Waals surface area contributed by atoms with Gasteiger partial charge in [-0.25, -0.2) is 13.1 Å². The zero-order chi connectivity index (χ0) is 22.2. The molecule has 164 valence electrons. The number of hydrogen-bond acceptors (Lipinski definition) is 5. The van der Waals surface area contributed by atoms with Crippen LogP contribution < -0.4 is 5.32 Å². The molecular formula is C22H26N4O3S2. The second kappa shape index (κ2) is 8.57. The Hall–Kier alpha value is -2.49. The van der Waals surface area contributed by atoms with E-state index in [1.54, 1.807) is 22.2 Å². The summed E-state index contributed by atoms with van der Waals surface area (Å²) in [5.41, 5.74) is 3.96. The van der Waals surface area contributed by atoms with E-state index in [9.17, 15) is 13.2 Å². The lowest BCUT2D eigenvalue weighted by Crippen LogP contribution is -2.41. The molecule has 1 saturated heterocycles. The zero-order valence-electron chi connectivity index (χ0n) is 17.8. The number of aryl methyl sites for hydroxylation is 3. The van der Waals surface area contributed by atoms with Crippen molar-refractivity contribution in [2.75, 3.05) is 18.4 Å². The summed E-state index contributed by atoms with van der Waals surface area (Å²) in [4.78, 5) is 13.0. The van der Waals surface area contributed by atoms with Crippen molar-refractivity contribution in [2.24, 2.45) is 5.92 Å². The molecule has 1 aliphatic rings. The molecule has 31 heavy (non-hydrogen) atoms. The van der Waals surface area contributed by atoms with Crippen molar-refractivity contribution in [3.8, 4) is 5.69 Å². The van der Waals surface area contributed by atoms with Crippen molar-refractivity contribution < 1.29 is 13.2 Å². The van der Waals surface area contributed by atoms with Gasteiger partial charge in [0.25, 0.3) is 10.0 Å². The Labute approximate surface area is 186 Å². The highest BCUT2D eigenvalue weighted by atomic mass is 32.2. The molecule has 1 aliphatic heterocycles. The number of hydrogen-bond donors (Lipinski definition) is 1. The molecule has 3 aromatic rings. The van der Waals surface area contributed by atoms with E-state index in [1.807, 2.05) is 39.0 Å². The van der Waals surface area contributed by atoms with Crippen LogP contribution >= 0.6 is 11.3 Å². The number of aromatic nitrogens is 2. The number of nitrogens with zero attached hydrogens (tertiary/aromatic N) is 3. The Kier molecular flexibility index (Phi) is 6.00. The minimum atomic E-state index is -3.47. The van der Waals surface area contributed by atoms with Gasteiger partial charge in [0, 0.05) is 25.1 Å². The van der Waals surface area contributed by atoms with Gasteiger partial charge < -0.3 is 5.32 Å². The van der Waals surface area contributed by atoms with E-state index in [0.717, 1.165) is 22.5 Å². The van der Waals surface area contributed by atoms with Gasteiger partial charge in [0.15, 0.2) is 0 Å². The van der Waals surface area contributed by atoms with Gasteiger partial charge in [0.2, 0.25) is 5.91 Å². The number of rotatable bonds is 5. The lowest BCUT2D eigenvalue weighted by atomic mass is 9.97. The van der Waals surface area contributed by atoms with Gasteiger partial charge in [-0.2, -0.15) is 9.40 Å². The third-order valence-electron chi connectivity index (χ3n) is 5.45. The first-order valence-electron chi connectivity index (χ1n) is 10.2. The molecular weight excluding hydrogens is 432 g/mol. The largest absolute Gasteiger partial charge is 0.310 e. The van der Waals surface area contributed by atoms with Crippen LogP contribution in [0.3, 0.4) is 0 Å². The SMILES string of the molecule is Cc1cc(C)cc(-n2nc(C)cc2NC(=O)C2CCN(S(=O)(=O)c3cccs3)CC2)c1. The highest BCUT2D eigenvalue weighted by Crippen LogP contribution is 2.27. The smallest absolute Gasteiger partial charge is 0.252 e. The molecule has 9 heteroatoms. The summed E-state index contributed by atoms with van der Waals surface area (Å²) in [5.74, 6) is 0.289. The van der Waals surface area contributed by atoms with E-state index < -0.39 is 10.0 Å². The number of amides is 1. The van der Waals surface area contributed by atoms with Crippen molar-refractivity contribution in [3.63, 3.8) is 0 Å². The van der Waals surface area contributed by atoms with Crippen LogP contribution in [0.2, 0.25) is 0 Å². The molecule has 1 N–H and O–H groups in total. The average Bonchev–Trinajstić information content (AvgIpc) is 3.38. The molecule has 0 spiro atoms. The van der Waals surface area contributed by atoms with E-state index >= 15 is 0 Å². The van der Waals surface area contributed by atoms with Gasteiger partial charge in [-0.05, 0) is 68.3 Å². The predicted octanol–water partition coefficient (Wildman–Crippen LogP) is 3.90. The van der Waals surface area contributed by atoms with Gasteiger partial charge in [-0.3, -0.25) is 4.79 Å². The third kappa shape index (κ3) is 4.58. The fraction of sp³-hybridized carbons (Fsp3) is 0.364. The molecule has 3 heterocycles. The Balaban J connectivity index is 1.46. The number of nitrogens with one attached hydrogen (secondary N) is 1. The predicted molar refractivity (Wildman–Crippen MR) is 122 cm³/mol. The standard InChI is InChI=1S/C22H26N4O3S2/c1-15-11-16(2)13-19(12-15)26-20(14-17(3)24-26)23-22(27)18-6-8-25(9-7-18)31(28,29)21-5-4-10-30-21/h4-5,10-14,18H,6-9H2,1-3H3,(H,23,27). The Morgan fingerprint density at radius 1 is 1.10 bits per heavy atom. The highest BCUT2D eigenvalue weighted by molar-refractivity contribution is 7.91. The van der Waals surface area contributed by atoms with Crippen LogP contribution in [0.15, 0.2) is 46.0 Å². The first-order chi connectivity index (χ1) is 14.7. The molecule has 0 bridgehead atoms. The molecule has 0 radical (unpaired) electrons.